The van der Waals surface area contributed by atoms with Crippen LogP contribution in [-0.2, 0) is 19.6 Å². The first-order chi connectivity index (χ1) is 13.3. The van der Waals surface area contributed by atoms with Crippen LogP contribution in [0.3, 0.4) is 0 Å². The van der Waals surface area contributed by atoms with Crippen LogP contribution in [0.2, 0.25) is 0 Å². The first-order valence-electron chi connectivity index (χ1n) is 9.21. The summed E-state index contributed by atoms with van der Waals surface area (Å²) in [5, 5.41) is 17.1. The Bertz CT molecular complexity index is 1070. The van der Waals surface area contributed by atoms with E-state index < -0.39 is 0 Å². The summed E-state index contributed by atoms with van der Waals surface area (Å²) in [5.41, 5.74) is 5.07. The van der Waals surface area contributed by atoms with Crippen LogP contribution in [-0.4, -0.2) is 47.1 Å². The van der Waals surface area contributed by atoms with Crippen molar-refractivity contribution in [1.82, 2.24) is 34.2 Å². The molecule has 0 saturated carbocycles. The number of nitrogens with one attached hydrogen (secondary N) is 1. The fourth-order valence-corrected chi connectivity index (χ4v) is 3.62. The van der Waals surface area contributed by atoms with Gasteiger partial charge < -0.3 is 15.0 Å². The van der Waals surface area contributed by atoms with E-state index in [0.717, 1.165) is 60.8 Å². The molecule has 0 unspecified atom stereocenters. The van der Waals surface area contributed by atoms with Gasteiger partial charge in [0.2, 0.25) is 0 Å². The monoisotopic (exact) mass is 363 g/mol. The molecular formula is C19H21N7O. The van der Waals surface area contributed by atoms with Crippen molar-refractivity contribution in [1.29, 1.82) is 0 Å². The van der Waals surface area contributed by atoms with Gasteiger partial charge in [0, 0.05) is 44.3 Å². The van der Waals surface area contributed by atoms with E-state index in [1.54, 1.807) is 6.20 Å². The molecule has 1 aliphatic rings. The molecule has 27 heavy (non-hydrogen) atoms. The number of fused-ring (bicyclic) bond motifs is 2. The number of hydrogen-bond acceptors (Lipinski definition) is 5. The van der Waals surface area contributed by atoms with E-state index in [4.69, 9.17) is 10.2 Å². The van der Waals surface area contributed by atoms with E-state index in [-0.39, 0.29) is 6.61 Å². The normalized spacial score (nSPS) is 14.0. The number of aliphatic hydroxyl groups is 1. The van der Waals surface area contributed by atoms with E-state index in [2.05, 4.69) is 48.8 Å². The summed E-state index contributed by atoms with van der Waals surface area (Å²) in [6.45, 7) is 3.60. The Balaban J connectivity index is 1.52. The molecule has 0 aliphatic carbocycles. The van der Waals surface area contributed by atoms with Gasteiger partial charge in [-0.05, 0) is 30.7 Å². The summed E-state index contributed by atoms with van der Waals surface area (Å²) < 4.78 is 6.17. The van der Waals surface area contributed by atoms with Crippen molar-refractivity contribution in [3.63, 3.8) is 0 Å². The van der Waals surface area contributed by atoms with Crippen LogP contribution in [0, 0.1) is 0 Å². The molecule has 5 rings (SSSR count). The zero-order valence-electron chi connectivity index (χ0n) is 14.9. The minimum absolute atomic E-state index is 0.181. The average molecular weight is 363 g/mol. The zero-order valence-corrected chi connectivity index (χ0v) is 14.9. The van der Waals surface area contributed by atoms with Gasteiger partial charge in [0.15, 0.2) is 5.82 Å². The molecule has 1 aromatic carbocycles. The standard InChI is InChI=1S/C19H21N7O/c27-9-1-6-24-13-22-16-10-14(2-3-18(16)24)25-7-5-21-19(25)17-11-15-12-20-4-8-26(15)23-17/h2-3,5,7,10-11,13,20,27H,1,4,6,8-9,12H2. The fraction of sp³-hybridized carbons (Fsp3) is 0.316. The predicted octanol–water partition coefficient (Wildman–Crippen LogP) is 1.57. The summed E-state index contributed by atoms with van der Waals surface area (Å²) in [6.07, 6.45) is 6.31. The SMILES string of the molecule is OCCCn1cnc2cc(-n3ccnc3-c3cc4n(n3)CCNC4)ccc21. The maximum absolute atomic E-state index is 9.05. The van der Waals surface area contributed by atoms with E-state index >= 15 is 0 Å². The largest absolute Gasteiger partial charge is 0.396 e. The molecule has 0 bridgehead atoms. The fourth-order valence-electron chi connectivity index (χ4n) is 3.62. The van der Waals surface area contributed by atoms with Crippen LogP contribution in [0.5, 0.6) is 0 Å². The van der Waals surface area contributed by atoms with Crippen molar-refractivity contribution in [3.05, 3.63) is 48.7 Å². The van der Waals surface area contributed by atoms with Crippen molar-refractivity contribution in [2.24, 2.45) is 0 Å². The molecule has 8 nitrogen and oxygen atoms in total. The van der Waals surface area contributed by atoms with Crippen LogP contribution in [0.15, 0.2) is 43.0 Å². The number of aromatic nitrogens is 6. The van der Waals surface area contributed by atoms with Crippen molar-refractivity contribution in [3.8, 4) is 17.2 Å². The summed E-state index contributed by atoms with van der Waals surface area (Å²) in [7, 11) is 0. The highest BCUT2D eigenvalue weighted by Gasteiger charge is 2.17. The Morgan fingerprint density at radius 1 is 1.19 bits per heavy atom. The van der Waals surface area contributed by atoms with Gasteiger partial charge >= 0.3 is 0 Å². The maximum atomic E-state index is 9.05. The van der Waals surface area contributed by atoms with Gasteiger partial charge in [-0.3, -0.25) is 9.25 Å². The zero-order chi connectivity index (χ0) is 18.2. The summed E-state index contributed by atoms with van der Waals surface area (Å²) in [5.74, 6) is 0.830. The minimum atomic E-state index is 0.181. The summed E-state index contributed by atoms with van der Waals surface area (Å²) >= 11 is 0. The number of hydrogen-bond donors (Lipinski definition) is 2. The molecule has 0 amide bonds. The van der Waals surface area contributed by atoms with Crippen LogP contribution in [0.4, 0.5) is 0 Å². The van der Waals surface area contributed by atoms with Crippen molar-refractivity contribution >= 4 is 11.0 Å². The molecule has 4 aromatic rings. The third kappa shape index (κ3) is 2.83. The van der Waals surface area contributed by atoms with E-state index in [0.29, 0.717) is 0 Å². The maximum Gasteiger partial charge on any atom is 0.165 e. The first kappa shape index (κ1) is 16.2. The lowest BCUT2D eigenvalue weighted by atomic mass is 10.2. The number of aryl methyl sites for hydroxylation is 1. The third-order valence-corrected chi connectivity index (χ3v) is 4.98. The molecule has 0 spiro atoms. The Morgan fingerprint density at radius 2 is 2.15 bits per heavy atom. The molecule has 8 heteroatoms. The van der Waals surface area contributed by atoms with Gasteiger partial charge in [-0.1, -0.05) is 0 Å². The van der Waals surface area contributed by atoms with Gasteiger partial charge in [0.05, 0.1) is 29.6 Å². The van der Waals surface area contributed by atoms with Crippen LogP contribution in [0.25, 0.3) is 28.2 Å². The van der Waals surface area contributed by atoms with Gasteiger partial charge in [0.25, 0.3) is 0 Å². The Hall–Kier alpha value is -2.97. The first-order valence-corrected chi connectivity index (χ1v) is 9.21. The Morgan fingerprint density at radius 3 is 3.04 bits per heavy atom. The van der Waals surface area contributed by atoms with Gasteiger partial charge in [-0.2, -0.15) is 5.10 Å². The average Bonchev–Trinajstić information content (AvgIpc) is 3.42. The predicted molar refractivity (Wildman–Crippen MR) is 101 cm³/mol. The van der Waals surface area contributed by atoms with E-state index in [1.807, 2.05) is 17.1 Å². The summed E-state index contributed by atoms with van der Waals surface area (Å²) in [6, 6.07) is 8.31. The molecule has 0 atom stereocenters. The Kier molecular flexibility index (Phi) is 3.99. The summed E-state index contributed by atoms with van der Waals surface area (Å²) in [4.78, 5) is 9.06. The quantitative estimate of drug-likeness (QED) is 0.562. The molecule has 138 valence electrons. The highest BCUT2D eigenvalue weighted by Crippen LogP contribution is 2.24. The molecular weight excluding hydrogens is 342 g/mol. The van der Waals surface area contributed by atoms with E-state index in [1.165, 1.54) is 5.69 Å². The Labute approximate surface area is 156 Å². The van der Waals surface area contributed by atoms with E-state index in [9.17, 15) is 0 Å². The minimum Gasteiger partial charge on any atom is -0.396 e. The number of nitrogens with zero attached hydrogens (tertiary/aromatic N) is 6. The second-order valence-corrected chi connectivity index (χ2v) is 6.73. The highest BCUT2D eigenvalue weighted by molar-refractivity contribution is 5.78. The highest BCUT2D eigenvalue weighted by atomic mass is 16.3. The lowest BCUT2D eigenvalue weighted by Gasteiger charge is -2.13. The number of benzene rings is 1. The van der Waals surface area contributed by atoms with Crippen LogP contribution in [0.1, 0.15) is 12.1 Å². The van der Waals surface area contributed by atoms with Gasteiger partial charge in [0.1, 0.15) is 5.69 Å². The van der Waals surface area contributed by atoms with Crippen LogP contribution >= 0.6 is 0 Å². The molecule has 3 aromatic heterocycles. The topological polar surface area (TPSA) is 85.7 Å². The molecule has 2 N–H and O–H groups in total. The molecule has 0 radical (unpaired) electrons. The van der Waals surface area contributed by atoms with Crippen molar-refractivity contribution in [2.75, 3.05) is 13.2 Å². The molecule has 4 heterocycles. The third-order valence-electron chi connectivity index (χ3n) is 4.98. The lowest BCUT2D eigenvalue weighted by Crippen LogP contribution is -2.28. The number of imidazole rings is 2. The van der Waals surface area contributed by atoms with Gasteiger partial charge in [-0.15, -0.1) is 0 Å². The smallest absolute Gasteiger partial charge is 0.165 e. The number of aliphatic hydroxyl groups excluding tert-OH is 1. The van der Waals surface area contributed by atoms with Crippen molar-refractivity contribution < 1.29 is 5.11 Å². The second kappa shape index (κ2) is 6.64. The van der Waals surface area contributed by atoms with Crippen LogP contribution < -0.4 is 5.32 Å². The second-order valence-electron chi connectivity index (χ2n) is 6.73. The van der Waals surface area contributed by atoms with Crippen molar-refractivity contribution in [2.45, 2.75) is 26.1 Å². The lowest BCUT2D eigenvalue weighted by molar-refractivity contribution is 0.280. The molecule has 1 aliphatic heterocycles. The molecule has 0 saturated heterocycles. The number of rotatable bonds is 5. The van der Waals surface area contributed by atoms with Gasteiger partial charge in [-0.25, -0.2) is 9.97 Å². The molecule has 0 fully saturated rings.